The summed E-state index contributed by atoms with van der Waals surface area (Å²) in [4.78, 5) is 54.4. The first-order chi connectivity index (χ1) is 33.5. The van der Waals surface area contributed by atoms with Gasteiger partial charge in [-0.3, -0.25) is 23.2 Å². The molecule has 0 heterocycles. The maximum Gasteiger partial charge on any atom is 0.472 e. The predicted octanol–water partition coefficient (Wildman–Crippen LogP) is 9.37. The van der Waals surface area contributed by atoms with Gasteiger partial charge in [0.05, 0.1) is 12.7 Å². The van der Waals surface area contributed by atoms with Crippen molar-refractivity contribution in [2.75, 3.05) is 13.2 Å². The zero-order valence-corrected chi connectivity index (χ0v) is 43.6. The summed E-state index contributed by atoms with van der Waals surface area (Å²) in [6.07, 6.45) is 31.5. The van der Waals surface area contributed by atoms with Gasteiger partial charge in [0.25, 0.3) is 0 Å². The van der Waals surface area contributed by atoms with Gasteiger partial charge in [-0.1, -0.05) is 157 Å². The van der Waals surface area contributed by atoms with Crippen molar-refractivity contribution in [3.63, 3.8) is 0 Å². The SMILES string of the molecule is CCCCC/C=C\C/C=C\CCCCCCCCCCCC(=O)OC[C@H](COP(=O)(O)O[C@H]1C(O)C(O)C(O)[C@@H](OP(=O)(O)O)C1O)OC(=O)CCC/C=C/C=C\C(O)C/C=C\C/C=C\CCCCC. The third-order valence-corrected chi connectivity index (χ3v) is 12.8. The number of rotatable bonds is 42. The lowest BCUT2D eigenvalue weighted by Gasteiger charge is -2.43. The Morgan fingerprint density at radius 1 is 0.529 bits per heavy atom. The van der Waals surface area contributed by atoms with Gasteiger partial charge in [0, 0.05) is 12.8 Å². The van der Waals surface area contributed by atoms with E-state index in [1.54, 1.807) is 24.3 Å². The van der Waals surface area contributed by atoms with Crippen molar-refractivity contribution < 1.29 is 82.0 Å². The van der Waals surface area contributed by atoms with Gasteiger partial charge in [0.15, 0.2) is 6.10 Å². The van der Waals surface area contributed by atoms with E-state index in [0.29, 0.717) is 25.7 Å². The topological polar surface area (TPSA) is 276 Å². The molecule has 0 aromatic rings. The standard InChI is InChI=1S/C51H88O17P2/c1-3-5-7-9-11-13-14-15-16-17-18-19-20-21-22-24-26-30-34-38-44(53)64-40-43(41-65-70(62,63)68-51-48(57)46(55)47(56)50(49(51)58)67-69(59,60)61)66-45(54)39-35-31-27-29-33-37-42(52)36-32-28-25-23-12-10-8-6-4-2/h11-13,15-16,23,27-29,32-33,37,42-43,46-52,55-58H,3-10,14,17-22,24-26,30-31,34-36,38-41H2,1-2H3,(H,62,63)(H2,59,60,61)/b13-11-,16-15-,23-12-,29-27+,32-28-,37-33-/t42?,43-,46?,47?,48?,49?,50-,51+/m1/s1. The van der Waals surface area contributed by atoms with Crippen LogP contribution in [0.1, 0.15) is 174 Å². The van der Waals surface area contributed by atoms with Crippen molar-refractivity contribution >= 4 is 27.6 Å². The number of ether oxygens (including phenoxy) is 2. The highest BCUT2D eigenvalue weighted by Gasteiger charge is 2.54. The van der Waals surface area contributed by atoms with E-state index in [4.69, 9.17) is 18.5 Å². The minimum absolute atomic E-state index is 0.0835. The van der Waals surface area contributed by atoms with E-state index >= 15 is 0 Å². The number of hydrogen-bond donors (Lipinski definition) is 8. The minimum Gasteiger partial charge on any atom is -0.462 e. The van der Waals surface area contributed by atoms with Crippen LogP contribution in [0, 0.1) is 0 Å². The summed E-state index contributed by atoms with van der Waals surface area (Å²) in [5, 5.41) is 51.5. The van der Waals surface area contributed by atoms with E-state index in [1.807, 2.05) is 12.2 Å². The van der Waals surface area contributed by atoms with Gasteiger partial charge >= 0.3 is 27.6 Å². The summed E-state index contributed by atoms with van der Waals surface area (Å²) in [6, 6.07) is 0. The van der Waals surface area contributed by atoms with Crippen molar-refractivity contribution in [3.8, 4) is 0 Å². The van der Waals surface area contributed by atoms with E-state index < -0.39 is 89.6 Å². The molecule has 1 aliphatic carbocycles. The Labute approximate surface area is 417 Å². The molecule has 1 saturated carbocycles. The summed E-state index contributed by atoms with van der Waals surface area (Å²) < 4.78 is 49.3. The van der Waals surface area contributed by atoms with E-state index in [2.05, 4.69) is 54.8 Å². The van der Waals surface area contributed by atoms with Gasteiger partial charge in [-0.25, -0.2) is 9.13 Å². The maximum absolute atomic E-state index is 13.0. The molecule has 1 aliphatic rings. The van der Waals surface area contributed by atoms with Crippen LogP contribution in [0.3, 0.4) is 0 Å². The molecule has 6 unspecified atom stereocenters. The third kappa shape index (κ3) is 34.7. The first kappa shape index (κ1) is 65.4. The third-order valence-electron chi connectivity index (χ3n) is 11.3. The molecule has 0 radical (unpaired) electrons. The Morgan fingerprint density at radius 2 is 1.01 bits per heavy atom. The average molecular weight is 1040 g/mol. The summed E-state index contributed by atoms with van der Waals surface area (Å²) >= 11 is 0. The lowest BCUT2D eigenvalue weighted by molar-refractivity contribution is -0.216. The Hall–Kier alpha value is -2.60. The largest absolute Gasteiger partial charge is 0.472 e. The molecule has 0 bridgehead atoms. The number of carbonyl (C=O) groups is 2. The van der Waals surface area contributed by atoms with E-state index in [0.717, 1.165) is 64.2 Å². The smallest absolute Gasteiger partial charge is 0.462 e. The fourth-order valence-electron chi connectivity index (χ4n) is 7.30. The Kier molecular flexibility index (Phi) is 38.2. The molecule has 0 aromatic carbocycles. The second kappa shape index (κ2) is 40.8. The quantitative estimate of drug-likeness (QED) is 0.00929. The molecule has 0 amide bonds. The molecule has 9 atom stereocenters. The molecule has 8 N–H and O–H groups in total. The molecule has 17 nitrogen and oxygen atoms in total. The first-order valence-corrected chi connectivity index (χ1v) is 28.6. The maximum atomic E-state index is 13.0. The van der Waals surface area contributed by atoms with Crippen molar-refractivity contribution in [2.24, 2.45) is 0 Å². The normalized spacial score (nSPS) is 22.0. The number of phosphoric ester groups is 2. The summed E-state index contributed by atoms with van der Waals surface area (Å²) in [7, 11) is -10.7. The van der Waals surface area contributed by atoms with Crippen LogP contribution in [0.4, 0.5) is 0 Å². The van der Waals surface area contributed by atoms with Gasteiger partial charge in [-0.2, -0.15) is 0 Å². The highest BCUT2D eigenvalue weighted by atomic mass is 31.2. The van der Waals surface area contributed by atoms with Gasteiger partial charge in [-0.15, -0.1) is 0 Å². The Morgan fingerprint density at radius 3 is 1.57 bits per heavy atom. The molecular formula is C51H88O17P2. The van der Waals surface area contributed by atoms with Crippen molar-refractivity contribution in [3.05, 3.63) is 72.9 Å². The summed E-state index contributed by atoms with van der Waals surface area (Å²) in [5.74, 6) is -1.34. The molecule has 70 heavy (non-hydrogen) atoms. The van der Waals surface area contributed by atoms with Crippen LogP contribution in [0.2, 0.25) is 0 Å². The predicted molar refractivity (Wildman–Crippen MR) is 270 cm³/mol. The van der Waals surface area contributed by atoms with Crippen LogP contribution in [0.15, 0.2) is 72.9 Å². The Balaban J connectivity index is 2.62. The number of phosphoric acid groups is 2. The fourth-order valence-corrected chi connectivity index (χ4v) is 8.84. The number of esters is 2. The van der Waals surface area contributed by atoms with Gasteiger partial charge < -0.3 is 49.7 Å². The number of carbonyl (C=O) groups excluding carboxylic acids is 2. The van der Waals surface area contributed by atoms with Crippen LogP contribution in [-0.4, -0.2) is 114 Å². The van der Waals surface area contributed by atoms with E-state index in [9.17, 15) is 58.9 Å². The molecule has 0 spiro atoms. The highest BCUT2D eigenvalue weighted by Crippen LogP contribution is 2.49. The number of hydrogen-bond acceptors (Lipinski definition) is 14. The first-order valence-electron chi connectivity index (χ1n) is 25.6. The van der Waals surface area contributed by atoms with Gasteiger partial charge in [0.2, 0.25) is 0 Å². The second-order valence-electron chi connectivity index (χ2n) is 17.7. The summed E-state index contributed by atoms with van der Waals surface area (Å²) in [6.45, 7) is 2.94. The molecule has 1 fully saturated rings. The number of aliphatic hydroxyl groups is 5. The van der Waals surface area contributed by atoms with Crippen molar-refractivity contribution in [1.82, 2.24) is 0 Å². The van der Waals surface area contributed by atoms with Crippen molar-refractivity contribution in [2.45, 2.75) is 223 Å². The van der Waals surface area contributed by atoms with Crippen LogP contribution >= 0.6 is 15.6 Å². The number of unbranched alkanes of at least 4 members (excludes halogenated alkanes) is 16. The van der Waals surface area contributed by atoms with Crippen molar-refractivity contribution in [1.29, 1.82) is 0 Å². The molecule has 0 aliphatic heterocycles. The van der Waals surface area contributed by atoms with Gasteiger partial charge in [0.1, 0.15) is 43.2 Å². The van der Waals surface area contributed by atoms with E-state index in [-0.39, 0.29) is 12.8 Å². The Bertz CT molecular complexity index is 1640. The van der Waals surface area contributed by atoms with Crippen LogP contribution in [-0.2, 0) is 41.8 Å². The molecule has 1 rings (SSSR count). The van der Waals surface area contributed by atoms with Crippen LogP contribution in [0.25, 0.3) is 0 Å². The monoisotopic (exact) mass is 1030 g/mol. The minimum atomic E-state index is -5.39. The molecule has 19 heteroatoms. The summed E-state index contributed by atoms with van der Waals surface area (Å²) in [5.41, 5.74) is 0. The van der Waals surface area contributed by atoms with Crippen LogP contribution < -0.4 is 0 Å². The van der Waals surface area contributed by atoms with Crippen LogP contribution in [0.5, 0.6) is 0 Å². The number of allylic oxidation sites excluding steroid dienone is 10. The zero-order valence-electron chi connectivity index (χ0n) is 41.8. The zero-order chi connectivity index (χ0) is 51.9. The molecule has 0 aromatic heterocycles. The molecular weight excluding hydrogens is 946 g/mol. The lowest BCUT2D eigenvalue weighted by Crippen LogP contribution is -2.64. The second-order valence-corrected chi connectivity index (χ2v) is 20.3. The average Bonchev–Trinajstić information content (AvgIpc) is 3.31. The van der Waals surface area contributed by atoms with E-state index in [1.165, 1.54) is 57.8 Å². The molecule has 0 saturated heterocycles. The van der Waals surface area contributed by atoms with Gasteiger partial charge in [-0.05, 0) is 77.0 Å². The number of aliphatic hydroxyl groups excluding tert-OH is 5. The molecule has 404 valence electrons. The lowest BCUT2D eigenvalue weighted by atomic mass is 9.85. The fraction of sp³-hybridized carbons (Fsp3) is 0.725. The highest BCUT2D eigenvalue weighted by molar-refractivity contribution is 7.47.